The minimum Gasteiger partial charge on any atom is -0.273 e. The van der Waals surface area contributed by atoms with Crippen molar-refractivity contribution in [2.24, 2.45) is 0 Å². The third-order valence-electron chi connectivity index (χ3n) is 3.34. The van der Waals surface area contributed by atoms with Crippen molar-refractivity contribution in [1.82, 2.24) is 15.8 Å². The number of carbonyl (C=O) groups is 2. The Morgan fingerprint density at radius 1 is 1.05 bits per heavy atom. The zero-order valence-corrected chi connectivity index (χ0v) is 12.5. The van der Waals surface area contributed by atoms with Crippen LogP contribution in [-0.4, -0.2) is 16.8 Å². The van der Waals surface area contributed by atoms with Crippen LogP contribution >= 0.6 is 0 Å². The molecule has 114 valence electrons. The lowest BCUT2D eigenvalue weighted by Gasteiger charge is -2.17. The summed E-state index contributed by atoms with van der Waals surface area (Å²) in [5.41, 5.74) is 6.34. The average Bonchev–Trinajstić information content (AvgIpc) is 2.58. The van der Waals surface area contributed by atoms with Gasteiger partial charge in [-0.2, -0.15) is 0 Å². The SMILES string of the molecule is CCC[C@@H](C(=O)NNC(=O)c1ccncc1)c1ccccc1. The molecule has 0 aliphatic rings. The quantitative estimate of drug-likeness (QED) is 0.833. The van der Waals surface area contributed by atoms with Gasteiger partial charge in [0.1, 0.15) is 0 Å². The van der Waals surface area contributed by atoms with E-state index in [0.29, 0.717) is 5.56 Å². The molecule has 0 unspecified atom stereocenters. The molecule has 2 amide bonds. The molecular weight excluding hydrogens is 278 g/mol. The molecule has 2 aromatic rings. The van der Waals surface area contributed by atoms with E-state index in [9.17, 15) is 9.59 Å². The van der Waals surface area contributed by atoms with Crippen LogP contribution in [0.3, 0.4) is 0 Å². The Labute approximate surface area is 129 Å². The predicted molar refractivity (Wildman–Crippen MR) is 83.9 cm³/mol. The van der Waals surface area contributed by atoms with E-state index in [1.807, 2.05) is 37.3 Å². The highest BCUT2D eigenvalue weighted by Gasteiger charge is 2.20. The molecule has 0 aliphatic heterocycles. The van der Waals surface area contributed by atoms with Crippen molar-refractivity contribution in [3.63, 3.8) is 0 Å². The minimum atomic E-state index is -0.362. The zero-order valence-electron chi connectivity index (χ0n) is 12.5. The highest BCUT2D eigenvalue weighted by molar-refractivity contribution is 5.95. The van der Waals surface area contributed by atoms with E-state index in [1.54, 1.807) is 12.1 Å². The van der Waals surface area contributed by atoms with E-state index < -0.39 is 0 Å². The van der Waals surface area contributed by atoms with Crippen LogP contribution in [0.25, 0.3) is 0 Å². The third kappa shape index (κ3) is 4.15. The average molecular weight is 297 g/mol. The highest BCUT2D eigenvalue weighted by atomic mass is 16.2. The molecular formula is C17H19N3O2. The number of pyridine rings is 1. The second-order valence-corrected chi connectivity index (χ2v) is 4.93. The van der Waals surface area contributed by atoms with Gasteiger partial charge < -0.3 is 0 Å². The van der Waals surface area contributed by atoms with E-state index in [0.717, 1.165) is 18.4 Å². The smallest absolute Gasteiger partial charge is 0.269 e. The summed E-state index contributed by atoms with van der Waals surface area (Å²) in [6.45, 7) is 2.03. The molecule has 1 atom stereocenters. The first kappa shape index (κ1) is 15.7. The molecule has 0 aliphatic carbocycles. The van der Waals surface area contributed by atoms with Gasteiger partial charge in [0, 0.05) is 18.0 Å². The van der Waals surface area contributed by atoms with Gasteiger partial charge in [0.15, 0.2) is 0 Å². The van der Waals surface area contributed by atoms with Gasteiger partial charge in [0.25, 0.3) is 5.91 Å². The van der Waals surface area contributed by atoms with Gasteiger partial charge in [0.2, 0.25) is 5.91 Å². The Kier molecular flexibility index (Phi) is 5.65. The van der Waals surface area contributed by atoms with Crippen molar-refractivity contribution >= 4 is 11.8 Å². The normalized spacial score (nSPS) is 11.5. The number of nitrogens with one attached hydrogen (secondary N) is 2. The van der Waals surface area contributed by atoms with E-state index in [4.69, 9.17) is 0 Å². The Morgan fingerprint density at radius 3 is 2.36 bits per heavy atom. The maximum Gasteiger partial charge on any atom is 0.269 e. The second kappa shape index (κ2) is 7.93. The fourth-order valence-electron chi connectivity index (χ4n) is 2.20. The number of amides is 2. The first-order valence-corrected chi connectivity index (χ1v) is 7.27. The number of rotatable bonds is 5. The molecule has 0 radical (unpaired) electrons. The predicted octanol–water partition coefficient (Wildman–Crippen LogP) is 2.43. The van der Waals surface area contributed by atoms with Crippen molar-refractivity contribution in [2.75, 3.05) is 0 Å². The number of hydrogen-bond acceptors (Lipinski definition) is 3. The Morgan fingerprint density at radius 2 is 1.73 bits per heavy atom. The maximum atomic E-state index is 12.3. The Balaban J connectivity index is 1.99. The maximum absolute atomic E-state index is 12.3. The molecule has 5 nitrogen and oxygen atoms in total. The van der Waals surface area contributed by atoms with Crippen molar-refractivity contribution in [3.8, 4) is 0 Å². The third-order valence-corrected chi connectivity index (χ3v) is 3.34. The number of aromatic nitrogens is 1. The number of benzene rings is 1. The Hall–Kier alpha value is -2.69. The molecule has 5 heteroatoms. The first-order chi connectivity index (χ1) is 10.7. The summed E-state index contributed by atoms with van der Waals surface area (Å²) >= 11 is 0. The number of nitrogens with zero attached hydrogens (tertiary/aromatic N) is 1. The van der Waals surface area contributed by atoms with Crippen LogP contribution in [-0.2, 0) is 4.79 Å². The van der Waals surface area contributed by atoms with Gasteiger partial charge in [-0.1, -0.05) is 43.7 Å². The van der Waals surface area contributed by atoms with Crippen LogP contribution in [0, 0.1) is 0 Å². The molecule has 2 N–H and O–H groups in total. The molecule has 0 spiro atoms. The summed E-state index contributed by atoms with van der Waals surface area (Å²) in [6, 6.07) is 12.7. The van der Waals surface area contributed by atoms with Gasteiger partial charge in [-0.15, -0.1) is 0 Å². The topological polar surface area (TPSA) is 71.1 Å². The molecule has 0 fully saturated rings. The lowest BCUT2D eigenvalue weighted by Crippen LogP contribution is -2.44. The zero-order chi connectivity index (χ0) is 15.8. The van der Waals surface area contributed by atoms with Crippen molar-refractivity contribution in [2.45, 2.75) is 25.7 Å². The van der Waals surface area contributed by atoms with Gasteiger partial charge >= 0.3 is 0 Å². The molecule has 0 bridgehead atoms. The van der Waals surface area contributed by atoms with Crippen LogP contribution in [0.2, 0.25) is 0 Å². The largest absolute Gasteiger partial charge is 0.273 e. The van der Waals surface area contributed by atoms with Crippen molar-refractivity contribution in [1.29, 1.82) is 0 Å². The van der Waals surface area contributed by atoms with E-state index in [2.05, 4.69) is 15.8 Å². The summed E-state index contributed by atoms with van der Waals surface area (Å²) in [7, 11) is 0. The van der Waals surface area contributed by atoms with Crippen LogP contribution in [0.1, 0.15) is 41.6 Å². The fraction of sp³-hybridized carbons (Fsp3) is 0.235. The van der Waals surface area contributed by atoms with Gasteiger partial charge in [-0.3, -0.25) is 25.4 Å². The first-order valence-electron chi connectivity index (χ1n) is 7.27. The van der Waals surface area contributed by atoms with Crippen LogP contribution in [0.5, 0.6) is 0 Å². The lowest BCUT2D eigenvalue weighted by atomic mass is 9.94. The van der Waals surface area contributed by atoms with Crippen LogP contribution in [0.4, 0.5) is 0 Å². The summed E-state index contributed by atoms with van der Waals surface area (Å²) < 4.78 is 0. The minimum absolute atomic E-state index is 0.213. The lowest BCUT2D eigenvalue weighted by molar-refractivity contribution is -0.123. The summed E-state index contributed by atoms with van der Waals surface area (Å²) in [6.07, 6.45) is 4.66. The van der Waals surface area contributed by atoms with E-state index in [1.165, 1.54) is 12.4 Å². The summed E-state index contributed by atoms with van der Waals surface area (Å²) in [4.78, 5) is 28.1. The number of hydrogen-bond donors (Lipinski definition) is 2. The summed E-state index contributed by atoms with van der Waals surface area (Å²) in [5.74, 6) is -0.849. The number of carbonyl (C=O) groups excluding carboxylic acids is 2. The van der Waals surface area contributed by atoms with E-state index >= 15 is 0 Å². The molecule has 2 rings (SSSR count). The van der Waals surface area contributed by atoms with Crippen LogP contribution < -0.4 is 10.9 Å². The summed E-state index contributed by atoms with van der Waals surface area (Å²) in [5, 5.41) is 0. The molecule has 22 heavy (non-hydrogen) atoms. The molecule has 1 aromatic heterocycles. The Bertz CT molecular complexity index is 614. The monoisotopic (exact) mass is 297 g/mol. The van der Waals surface area contributed by atoms with Gasteiger partial charge in [-0.05, 0) is 24.1 Å². The van der Waals surface area contributed by atoms with E-state index in [-0.39, 0.29) is 17.7 Å². The van der Waals surface area contributed by atoms with Crippen LogP contribution in [0.15, 0.2) is 54.9 Å². The molecule has 0 saturated carbocycles. The molecule has 1 aromatic carbocycles. The number of hydrazine groups is 1. The van der Waals surface area contributed by atoms with Crippen molar-refractivity contribution in [3.05, 3.63) is 66.0 Å². The second-order valence-electron chi connectivity index (χ2n) is 4.93. The van der Waals surface area contributed by atoms with Crippen molar-refractivity contribution < 1.29 is 9.59 Å². The fourth-order valence-corrected chi connectivity index (χ4v) is 2.20. The molecule has 0 saturated heterocycles. The highest BCUT2D eigenvalue weighted by Crippen LogP contribution is 2.20. The standard InChI is InChI=1S/C17H19N3O2/c1-2-6-15(13-7-4-3-5-8-13)17(22)20-19-16(21)14-9-11-18-12-10-14/h3-5,7-12,15H,2,6H2,1H3,(H,19,21)(H,20,22)/t15-/m1/s1. The van der Waals surface area contributed by atoms with Gasteiger partial charge in [0.05, 0.1) is 5.92 Å². The molecule has 1 heterocycles. The van der Waals surface area contributed by atoms with Gasteiger partial charge in [-0.25, -0.2) is 0 Å².